The summed E-state index contributed by atoms with van der Waals surface area (Å²) in [4.78, 5) is 37.9. The van der Waals surface area contributed by atoms with Crippen LogP contribution in [0.4, 0.5) is 38.1 Å². The van der Waals surface area contributed by atoms with Crippen LogP contribution >= 0.6 is 0 Å². The zero-order valence-corrected chi connectivity index (χ0v) is 24.4. The maximum Gasteiger partial charge on any atom is 0.573 e. The molecule has 3 amide bonds. The maximum atomic E-state index is 13.6. The SMILES string of the molecule is O=C(NCC(F)(F)C(=O)O)c1ccc(CN(C(=O)Nc2ccc(OC(F)(F)F)c(CO)c2)c2ccc(C3CCCCC3)cc2)cc1. The lowest BCUT2D eigenvalue weighted by Crippen LogP contribution is -2.42. The summed E-state index contributed by atoms with van der Waals surface area (Å²) in [6, 6.07) is 15.8. The van der Waals surface area contributed by atoms with Crippen molar-refractivity contribution in [2.75, 3.05) is 16.8 Å². The van der Waals surface area contributed by atoms with Gasteiger partial charge in [0, 0.05) is 22.5 Å². The summed E-state index contributed by atoms with van der Waals surface area (Å²) >= 11 is 0. The first kappa shape index (κ1) is 34.2. The van der Waals surface area contributed by atoms with Crippen molar-refractivity contribution in [3.05, 3.63) is 89.0 Å². The zero-order chi connectivity index (χ0) is 33.5. The van der Waals surface area contributed by atoms with Crippen LogP contribution in [0.1, 0.15) is 65.1 Å². The van der Waals surface area contributed by atoms with E-state index in [0.29, 0.717) is 17.2 Å². The fraction of sp³-hybridized carbons (Fsp3) is 0.344. The fourth-order valence-corrected chi connectivity index (χ4v) is 5.15. The van der Waals surface area contributed by atoms with Gasteiger partial charge in [0.25, 0.3) is 5.91 Å². The molecule has 4 N–H and O–H groups in total. The van der Waals surface area contributed by atoms with Crippen molar-refractivity contribution in [2.45, 2.75) is 63.5 Å². The number of ether oxygens (including phenoxy) is 1. The van der Waals surface area contributed by atoms with Crippen LogP contribution in [0, 0.1) is 0 Å². The number of amides is 3. The molecule has 1 fully saturated rings. The number of nitrogens with one attached hydrogen (secondary N) is 2. The molecule has 0 unspecified atom stereocenters. The van der Waals surface area contributed by atoms with E-state index in [0.717, 1.165) is 43.4 Å². The van der Waals surface area contributed by atoms with Crippen molar-refractivity contribution in [3.8, 4) is 5.75 Å². The Morgan fingerprint density at radius 1 is 0.891 bits per heavy atom. The Morgan fingerprint density at radius 2 is 1.54 bits per heavy atom. The number of urea groups is 1. The number of alkyl halides is 5. The molecule has 0 bridgehead atoms. The van der Waals surface area contributed by atoms with Crippen LogP contribution < -0.4 is 20.3 Å². The van der Waals surface area contributed by atoms with E-state index in [-0.39, 0.29) is 23.4 Å². The molecule has 9 nitrogen and oxygen atoms in total. The second kappa shape index (κ2) is 14.6. The van der Waals surface area contributed by atoms with Crippen LogP contribution in [0.25, 0.3) is 0 Å². The molecular formula is C32H32F5N3O6. The normalized spacial score (nSPS) is 14.0. The lowest BCUT2D eigenvalue weighted by molar-refractivity contribution is -0.275. The number of carbonyl (C=O) groups excluding carboxylic acids is 2. The number of nitrogens with zero attached hydrogens (tertiary/aromatic N) is 1. The van der Waals surface area contributed by atoms with Gasteiger partial charge >= 0.3 is 24.3 Å². The number of carbonyl (C=O) groups is 3. The van der Waals surface area contributed by atoms with Crippen molar-refractivity contribution >= 4 is 29.3 Å². The summed E-state index contributed by atoms with van der Waals surface area (Å²) in [7, 11) is 0. The van der Waals surface area contributed by atoms with Crippen LogP contribution in [0.3, 0.4) is 0 Å². The third-order valence-electron chi connectivity index (χ3n) is 7.57. The molecule has 0 aliphatic heterocycles. The average molecular weight is 650 g/mol. The molecule has 246 valence electrons. The fourth-order valence-electron chi connectivity index (χ4n) is 5.15. The lowest BCUT2D eigenvalue weighted by Gasteiger charge is -2.26. The number of aliphatic hydroxyl groups excluding tert-OH is 1. The topological polar surface area (TPSA) is 128 Å². The molecule has 3 aromatic rings. The number of benzene rings is 3. The van der Waals surface area contributed by atoms with E-state index in [1.165, 1.54) is 41.7 Å². The Balaban J connectivity index is 1.55. The smallest absolute Gasteiger partial charge is 0.477 e. The molecule has 4 rings (SSSR count). The van der Waals surface area contributed by atoms with Gasteiger partial charge in [0.1, 0.15) is 5.75 Å². The summed E-state index contributed by atoms with van der Waals surface area (Å²) in [5.41, 5.74) is 2.04. The third-order valence-corrected chi connectivity index (χ3v) is 7.57. The first-order valence-corrected chi connectivity index (χ1v) is 14.4. The average Bonchev–Trinajstić information content (AvgIpc) is 3.03. The minimum absolute atomic E-state index is 0.0181. The highest BCUT2D eigenvalue weighted by atomic mass is 19.4. The highest BCUT2D eigenvalue weighted by Gasteiger charge is 2.39. The number of rotatable bonds is 11. The van der Waals surface area contributed by atoms with Crippen LogP contribution in [0.15, 0.2) is 66.7 Å². The van der Waals surface area contributed by atoms with Gasteiger partial charge in [0.2, 0.25) is 0 Å². The van der Waals surface area contributed by atoms with E-state index in [2.05, 4.69) is 10.1 Å². The van der Waals surface area contributed by atoms with Gasteiger partial charge in [-0.25, -0.2) is 9.59 Å². The minimum Gasteiger partial charge on any atom is -0.477 e. The van der Waals surface area contributed by atoms with Crippen molar-refractivity contribution < 1.29 is 51.3 Å². The molecule has 1 aliphatic rings. The Morgan fingerprint density at radius 3 is 2.13 bits per heavy atom. The van der Waals surface area contributed by atoms with Gasteiger partial charge in [-0.1, -0.05) is 43.5 Å². The summed E-state index contributed by atoms with van der Waals surface area (Å²) in [6.45, 7) is -2.21. The van der Waals surface area contributed by atoms with Crippen molar-refractivity contribution in [1.82, 2.24) is 5.32 Å². The minimum atomic E-state index is -4.98. The third kappa shape index (κ3) is 9.16. The molecule has 0 spiro atoms. The van der Waals surface area contributed by atoms with Gasteiger partial charge < -0.3 is 25.6 Å². The number of aliphatic carboxylic acids is 1. The highest BCUT2D eigenvalue weighted by Crippen LogP contribution is 2.34. The number of anilines is 2. The second-order valence-electron chi connectivity index (χ2n) is 10.9. The molecule has 0 aromatic heterocycles. The number of halogens is 5. The molecule has 46 heavy (non-hydrogen) atoms. The first-order valence-electron chi connectivity index (χ1n) is 14.4. The van der Waals surface area contributed by atoms with E-state index in [4.69, 9.17) is 5.11 Å². The van der Waals surface area contributed by atoms with Crippen LogP contribution in [-0.4, -0.2) is 47.0 Å². The Labute approximate surface area is 261 Å². The monoisotopic (exact) mass is 649 g/mol. The van der Waals surface area contributed by atoms with E-state index < -0.39 is 49.1 Å². The number of carboxylic acids is 1. The standard InChI is InChI=1S/C32H32F5N3O6/c33-31(34,29(43)44)19-38-28(42)23-8-6-20(7-9-23)17-40(26-13-10-22(11-14-26)21-4-2-1-3-5-21)30(45)39-25-12-15-27(24(16-25)18-41)46-32(35,36)37/h6-16,21,41H,1-5,17-19H2,(H,38,42)(H,39,45)(H,43,44). The van der Waals surface area contributed by atoms with Gasteiger partial charge in [0.05, 0.1) is 19.7 Å². The van der Waals surface area contributed by atoms with Gasteiger partial charge in [-0.15, -0.1) is 13.2 Å². The van der Waals surface area contributed by atoms with Crippen LogP contribution in [-0.2, 0) is 17.9 Å². The summed E-state index contributed by atoms with van der Waals surface area (Å²) in [6.07, 6.45) is 0.630. The lowest BCUT2D eigenvalue weighted by atomic mass is 9.84. The molecule has 1 saturated carbocycles. The van der Waals surface area contributed by atoms with Crippen molar-refractivity contribution in [3.63, 3.8) is 0 Å². The summed E-state index contributed by atoms with van der Waals surface area (Å²) < 4.78 is 68.9. The quantitative estimate of drug-likeness (QED) is 0.169. The Bertz CT molecular complexity index is 1520. The van der Waals surface area contributed by atoms with Gasteiger partial charge in [-0.2, -0.15) is 8.78 Å². The molecule has 0 heterocycles. The van der Waals surface area contributed by atoms with Crippen molar-refractivity contribution in [1.29, 1.82) is 0 Å². The number of carboxylic acid groups (broad SMARTS) is 1. The molecule has 0 radical (unpaired) electrons. The molecule has 3 aromatic carbocycles. The largest absolute Gasteiger partial charge is 0.573 e. The number of aliphatic hydroxyl groups is 1. The first-order chi connectivity index (χ1) is 21.8. The second-order valence-corrected chi connectivity index (χ2v) is 10.9. The number of hydrogen-bond donors (Lipinski definition) is 4. The zero-order valence-electron chi connectivity index (χ0n) is 24.4. The maximum absolute atomic E-state index is 13.6. The number of hydrogen-bond acceptors (Lipinski definition) is 5. The van der Waals surface area contributed by atoms with E-state index in [1.54, 1.807) is 12.1 Å². The summed E-state index contributed by atoms with van der Waals surface area (Å²) in [5, 5.41) is 22.6. The van der Waals surface area contributed by atoms with Crippen LogP contribution in [0.5, 0.6) is 5.75 Å². The van der Waals surface area contributed by atoms with E-state index in [1.807, 2.05) is 17.4 Å². The summed E-state index contributed by atoms with van der Waals surface area (Å²) in [5.74, 6) is -7.63. The molecule has 14 heteroatoms. The molecule has 1 aliphatic carbocycles. The highest BCUT2D eigenvalue weighted by molar-refractivity contribution is 6.02. The van der Waals surface area contributed by atoms with E-state index >= 15 is 0 Å². The van der Waals surface area contributed by atoms with Gasteiger partial charge in [-0.3, -0.25) is 9.69 Å². The van der Waals surface area contributed by atoms with Crippen LogP contribution in [0.2, 0.25) is 0 Å². The predicted molar refractivity (Wildman–Crippen MR) is 158 cm³/mol. The van der Waals surface area contributed by atoms with Crippen molar-refractivity contribution in [2.24, 2.45) is 0 Å². The molecule has 0 saturated heterocycles. The molecular weight excluding hydrogens is 617 g/mol. The van der Waals surface area contributed by atoms with Gasteiger partial charge in [0.15, 0.2) is 0 Å². The Hall–Kier alpha value is -4.72. The molecule has 0 atom stereocenters. The van der Waals surface area contributed by atoms with E-state index in [9.17, 15) is 41.4 Å². The van der Waals surface area contributed by atoms with Gasteiger partial charge in [-0.05, 0) is 72.4 Å². The Kier molecular flexibility index (Phi) is 10.8. The predicted octanol–water partition coefficient (Wildman–Crippen LogP) is 6.81.